The van der Waals surface area contributed by atoms with Crippen molar-refractivity contribution < 1.29 is 19.4 Å². The quantitative estimate of drug-likeness (QED) is 0.753. The molecule has 1 unspecified atom stereocenters. The lowest BCUT2D eigenvalue weighted by Gasteiger charge is -2.33. The number of methoxy groups -OCH3 is 1. The minimum atomic E-state index is -0.789. The fraction of sp³-hybridized carbons (Fsp3) is 0.867. The monoisotopic (exact) mass is 300 g/mol. The van der Waals surface area contributed by atoms with E-state index in [4.69, 9.17) is 9.84 Å². The van der Waals surface area contributed by atoms with Crippen LogP contribution in [0.1, 0.15) is 39.5 Å². The summed E-state index contributed by atoms with van der Waals surface area (Å²) in [6, 6.07) is -0.0874. The SMILES string of the molecule is COCCC(C)(C)CNC(=O)N1CCCC(CC(=O)O)C1. The molecule has 0 saturated carbocycles. The molecule has 6 nitrogen and oxygen atoms in total. The van der Waals surface area contributed by atoms with Crippen molar-refractivity contribution in [2.45, 2.75) is 39.5 Å². The first-order valence-electron chi connectivity index (χ1n) is 7.57. The molecule has 21 heavy (non-hydrogen) atoms. The summed E-state index contributed by atoms with van der Waals surface area (Å²) in [6.45, 7) is 6.70. The fourth-order valence-electron chi connectivity index (χ4n) is 2.56. The Labute approximate surface area is 126 Å². The summed E-state index contributed by atoms with van der Waals surface area (Å²) in [5.74, 6) is -0.716. The molecule has 2 amide bonds. The molecule has 1 fully saturated rings. The Hall–Kier alpha value is -1.30. The zero-order chi connectivity index (χ0) is 15.9. The van der Waals surface area contributed by atoms with Gasteiger partial charge in [0.1, 0.15) is 0 Å². The third-order valence-corrected chi connectivity index (χ3v) is 3.97. The number of carbonyl (C=O) groups excluding carboxylic acids is 1. The topological polar surface area (TPSA) is 78.9 Å². The third-order valence-electron chi connectivity index (χ3n) is 3.97. The number of aliphatic carboxylic acids is 1. The van der Waals surface area contributed by atoms with E-state index in [0.29, 0.717) is 26.2 Å². The predicted molar refractivity (Wildman–Crippen MR) is 80.2 cm³/mol. The smallest absolute Gasteiger partial charge is 0.317 e. The van der Waals surface area contributed by atoms with E-state index in [1.807, 2.05) is 0 Å². The van der Waals surface area contributed by atoms with Crippen molar-refractivity contribution in [1.29, 1.82) is 0 Å². The molecule has 1 saturated heterocycles. The highest BCUT2D eigenvalue weighted by atomic mass is 16.5. The molecule has 0 aliphatic carbocycles. The molecule has 0 aromatic heterocycles. The van der Waals surface area contributed by atoms with Gasteiger partial charge in [-0.25, -0.2) is 4.79 Å². The number of carbonyl (C=O) groups is 2. The lowest BCUT2D eigenvalue weighted by atomic mass is 9.90. The molecule has 1 atom stereocenters. The summed E-state index contributed by atoms with van der Waals surface area (Å²) in [5.41, 5.74) is -0.0120. The van der Waals surface area contributed by atoms with Crippen LogP contribution in [-0.2, 0) is 9.53 Å². The zero-order valence-electron chi connectivity index (χ0n) is 13.4. The summed E-state index contributed by atoms with van der Waals surface area (Å²) in [4.78, 5) is 24.7. The molecule has 1 heterocycles. The maximum Gasteiger partial charge on any atom is 0.317 e. The van der Waals surface area contributed by atoms with Crippen LogP contribution in [0.2, 0.25) is 0 Å². The van der Waals surface area contributed by atoms with Gasteiger partial charge >= 0.3 is 12.0 Å². The summed E-state index contributed by atoms with van der Waals surface area (Å²) in [7, 11) is 1.67. The number of piperidine rings is 1. The van der Waals surface area contributed by atoms with Gasteiger partial charge < -0.3 is 20.1 Å². The Morgan fingerprint density at radius 3 is 2.76 bits per heavy atom. The van der Waals surface area contributed by atoms with E-state index in [0.717, 1.165) is 19.3 Å². The maximum atomic E-state index is 12.2. The molecule has 6 heteroatoms. The van der Waals surface area contributed by atoms with Gasteiger partial charge in [0.2, 0.25) is 0 Å². The van der Waals surface area contributed by atoms with Gasteiger partial charge in [-0.1, -0.05) is 13.8 Å². The largest absolute Gasteiger partial charge is 0.481 e. The van der Waals surface area contributed by atoms with Gasteiger partial charge in [-0.15, -0.1) is 0 Å². The number of likely N-dealkylation sites (tertiary alicyclic amines) is 1. The van der Waals surface area contributed by atoms with E-state index >= 15 is 0 Å². The molecule has 0 aromatic carbocycles. The number of nitrogens with zero attached hydrogens (tertiary/aromatic N) is 1. The summed E-state index contributed by atoms with van der Waals surface area (Å²) >= 11 is 0. The van der Waals surface area contributed by atoms with Gasteiger partial charge in [-0.3, -0.25) is 4.79 Å². The molecule has 1 aliphatic rings. The Morgan fingerprint density at radius 2 is 2.14 bits per heavy atom. The van der Waals surface area contributed by atoms with Crippen LogP contribution in [0.4, 0.5) is 4.79 Å². The number of urea groups is 1. The number of hydrogen-bond donors (Lipinski definition) is 2. The number of hydrogen-bond acceptors (Lipinski definition) is 3. The molecular formula is C15H28N2O4. The first-order chi connectivity index (χ1) is 9.84. The van der Waals surface area contributed by atoms with Crippen LogP contribution in [0, 0.1) is 11.3 Å². The molecule has 122 valence electrons. The lowest BCUT2D eigenvalue weighted by molar-refractivity contribution is -0.138. The normalized spacial score (nSPS) is 19.4. The first-order valence-corrected chi connectivity index (χ1v) is 7.57. The first kappa shape index (κ1) is 17.8. The standard InChI is InChI=1S/C15H28N2O4/c1-15(2,6-8-21-3)11-16-14(20)17-7-4-5-12(10-17)9-13(18)19/h12H,4-11H2,1-3H3,(H,16,20)(H,18,19). The van der Waals surface area contributed by atoms with E-state index in [2.05, 4.69) is 19.2 Å². The maximum absolute atomic E-state index is 12.2. The number of rotatable bonds is 7. The molecule has 0 spiro atoms. The second-order valence-corrected chi connectivity index (χ2v) is 6.62. The van der Waals surface area contributed by atoms with Crippen LogP contribution in [0.25, 0.3) is 0 Å². The van der Waals surface area contributed by atoms with Crippen LogP contribution in [0.15, 0.2) is 0 Å². The minimum Gasteiger partial charge on any atom is -0.481 e. The van der Waals surface area contributed by atoms with E-state index < -0.39 is 5.97 Å². The van der Waals surface area contributed by atoms with E-state index in [-0.39, 0.29) is 23.8 Å². The highest BCUT2D eigenvalue weighted by molar-refractivity contribution is 5.74. The van der Waals surface area contributed by atoms with Crippen LogP contribution >= 0.6 is 0 Å². The number of nitrogens with one attached hydrogen (secondary N) is 1. The van der Waals surface area contributed by atoms with Crippen molar-refractivity contribution in [3.63, 3.8) is 0 Å². The summed E-state index contributed by atoms with van der Waals surface area (Å²) < 4.78 is 5.07. The third kappa shape index (κ3) is 6.80. The summed E-state index contributed by atoms with van der Waals surface area (Å²) in [5, 5.41) is 11.8. The highest BCUT2D eigenvalue weighted by Gasteiger charge is 2.26. The van der Waals surface area contributed by atoms with Gasteiger partial charge in [-0.05, 0) is 30.6 Å². The van der Waals surface area contributed by atoms with E-state index in [1.54, 1.807) is 12.0 Å². The molecule has 2 N–H and O–H groups in total. The Morgan fingerprint density at radius 1 is 1.43 bits per heavy atom. The number of ether oxygens (including phenoxy) is 1. The van der Waals surface area contributed by atoms with Crippen LogP contribution in [-0.4, -0.2) is 55.4 Å². The highest BCUT2D eigenvalue weighted by Crippen LogP contribution is 2.21. The van der Waals surface area contributed by atoms with Crippen molar-refractivity contribution in [1.82, 2.24) is 10.2 Å². The summed E-state index contributed by atoms with van der Waals surface area (Å²) in [6.07, 6.45) is 2.78. The van der Waals surface area contributed by atoms with Gasteiger partial charge in [0, 0.05) is 39.8 Å². The second-order valence-electron chi connectivity index (χ2n) is 6.62. The van der Waals surface area contributed by atoms with Crippen LogP contribution < -0.4 is 5.32 Å². The lowest BCUT2D eigenvalue weighted by Crippen LogP contribution is -2.48. The van der Waals surface area contributed by atoms with Gasteiger partial charge in [0.05, 0.1) is 0 Å². The number of carboxylic acid groups (broad SMARTS) is 1. The van der Waals surface area contributed by atoms with Crippen molar-refractivity contribution in [3.05, 3.63) is 0 Å². The van der Waals surface area contributed by atoms with E-state index in [1.165, 1.54) is 0 Å². The van der Waals surface area contributed by atoms with Gasteiger partial charge in [-0.2, -0.15) is 0 Å². The Bertz CT molecular complexity index is 358. The van der Waals surface area contributed by atoms with Gasteiger partial charge in [0.15, 0.2) is 0 Å². The van der Waals surface area contributed by atoms with Crippen molar-refractivity contribution in [2.24, 2.45) is 11.3 Å². The van der Waals surface area contributed by atoms with E-state index in [9.17, 15) is 9.59 Å². The zero-order valence-corrected chi connectivity index (χ0v) is 13.4. The molecule has 0 radical (unpaired) electrons. The van der Waals surface area contributed by atoms with Crippen LogP contribution in [0.3, 0.4) is 0 Å². The van der Waals surface area contributed by atoms with Crippen molar-refractivity contribution >= 4 is 12.0 Å². The average Bonchev–Trinajstić information content (AvgIpc) is 2.42. The molecule has 1 rings (SSSR count). The Balaban J connectivity index is 2.39. The van der Waals surface area contributed by atoms with Gasteiger partial charge in [0.25, 0.3) is 0 Å². The van der Waals surface area contributed by atoms with Crippen LogP contribution in [0.5, 0.6) is 0 Å². The molecule has 0 bridgehead atoms. The fourth-order valence-corrected chi connectivity index (χ4v) is 2.56. The molecular weight excluding hydrogens is 272 g/mol. The average molecular weight is 300 g/mol. The number of amides is 2. The second kappa shape index (κ2) is 8.22. The van der Waals surface area contributed by atoms with Crippen molar-refractivity contribution in [3.8, 4) is 0 Å². The number of carboxylic acids is 1. The predicted octanol–water partition coefficient (Wildman–Crippen LogP) is 1.95. The molecule has 0 aromatic rings. The van der Waals surface area contributed by atoms with Crippen molar-refractivity contribution in [2.75, 3.05) is 33.4 Å². The minimum absolute atomic E-state index is 0.0120. The Kier molecular flexibility index (Phi) is 6.95. The molecule has 1 aliphatic heterocycles.